The number of hydrogen-bond acceptors (Lipinski definition) is 7. The summed E-state index contributed by atoms with van der Waals surface area (Å²) in [5, 5.41) is 8.57. The summed E-state index contributed by atoms with van der Waals surface area (Å²) in [4.78, 5) is 35.8. The minimum atomic E-state index is -0.159. The van der Waals surface area contributed by atoms with E-state index in [9.17, 15) is 9.59 Å². The zero-order valence-corrected chi connectivity index (χ0v) is 19.3. The highest BCUT2D eigenvalue weighted by Crippen LogP contribution is 2.31. The fourth-order valence-corrected chi connectivity index (χ4v) is 4.51. The van der Waals surface area contributed by atoms with Crippen LogP contribution in [0.2, 0.25) is 0 Å². The summed E-state index contributed by atoms with van der Waals surface area (Å²) in [5.74, 6) is 1.21. The van der Waals surface area contributed by atoms with E-state index in [4.69, 9.17) is 4.52 Å². The molecule has 174 valence electrons. The predicted molar refractivity (Wildman–Crippen MR) is 117 cm³/mol. The minimum Gasteiger partial charge on any atom is -0.340 e. The lowest BCUT2D eigenvalue weighted by Crippen LogP contribution is -2.47. The Balaban J connectivity index is 1.30. The second-order valence-corrected chi connectivity index (χ2v) is 8.88. The molecule has 0 radical (unpaired) electrons. The first-order valence-corrected chi connectivity index (χ1v) is 11.5. The zero-order chi connectivity index (χ0) is 22.7. The zero-order valence-electron chi connectivity index (χ0n) is 19.3. The molecule has 4 rings (SSSR count). The van der Waals surface area contributed by atoms with Crippen LogP contribution in [0.3, 0.4) is 0 Å². The standard InChI is InChI=1S/C22H33N7O3/c1-16-15-17(2)29(24-16)10-8-21(31)28-9-4-5-18(28)22-23-19(32-25-22)6-7-20(30)27-13-11-26(3)12-14-27/h15,18H,4-14H2,1-3H3. The molecular formula is C22H33N7O3. The molecule has 0 saturated carbocycles. The second-order valence-electron chi connectivity index (χ2n) is 8.88. The van der Waals surface area contributed by atoms with Crippen LogP contribution in [0.15, 0.2) is 10.6 Å². The molecule has 2 aromatic heterocycles. The molecule has 0 aliphatic carbocycles. The van der Waals surface area contributed by atoms with Gasteiger partial charge < -0.3 is 19.2 Å². The molecular weight excluding hydrogens is 410 g/mol. The van der Waals surface area contributed by atoms with Crippen molar-refractivity contribution in [3.8, 4) is 0 Å². The Morgan fingerprint density at radius 2 is 1.88 bits per heavy atom. The smallest absolute Gasteiger partial charge is 0.227 e. The lowest BCUT2D eigenvalue weighted by molar-refractivity contribution is -0.133. The first-order chi connectivity index (χ1) is 15.4. The van der Waals surface area contributed by atoms with E-state index in [1.165, 1.54) is 0 Å². The number of likely N-dealkylation sites (tertiary alicyclic amines) is 1. The van der Waals surface area contributed by atoms with Gasteiger partial charge in [0, 0.05) is 64.2 Å². The third-order valence-electron chi connectivity index (χ3n) is 6.40. The summed E-state index contributed by atoms with van der Waals surface area (Å²) in [6.07, 6.45) is 2.92. The number of carbonyl (C=O) groups excluding carboxylic acids is 2. The van der Waals surface area contributed by atoms with E-state index in [2.05, 4.69) is 27.2 Å². The Morgan fingerprint density at radius 1 is 1.09 bits per heavy atom. The number of amides is 2. The van der Waals surface area contributed by atoms with E-state index < -0.39 is 0 Å². The molecule has 0 N–H and O–H groups in total. The van der Waals surface area contributed by atoms with Crippen LogP contribution < -0.4 is 0 Å². The molecule has 0 bridgehead atoms. The average Bonchev–Trinajstić information content (AvgIpc) is 3.50. The summed E-state index contributed by atoms with van der Waals surface area (Å²) in [7, 11) is 2.07. The topological polar surface area (TPSA) is 101 Å². The molecule has 2 aromatic rings. The molecule has 32 heavy (non-hydrogen) atoms. The summed E-state index contributed by atoms with van der Waals surface area (Å²) >= 11 is 0. The number of aryl methyl sites for hydroxylation is 4. The molecule has 2 amide bonds. The van der Waals surface area contributed by atoms with Gasteiger partial charge in [0.1, 0.15) is 0 Å². The SMILES string of the molecule is Cc1cc(C)n(CCC(=O)N2CCCC2c2noc(CCC(=O)N3CCN(C)CC3)n2)n1. The Morgan fingerprint density at radius 3 is 2.59 bits per heavy atom. The minimum absolute atomic E-state index is 0.0802. The van der Waals surface area contributed by atoms with E-state index in [0.717, 1.165) is 50.4 Å². The molecule has 2 aliphatic heterocycles. The van der Waals surface area contributed by atoms with Crippen LogP contribution in [0.4, 0.5) is 0 Å². The van der Waals surface area contributed by atoms with Crippen LogP contribution in [0.5, 0.6) is 0 Å². The van der Waals surface area contributed by atoms with Gasteiger partial charge in [-0.25, -0.2) is 0 Å². The van der Waals surface area contributed by atoms with Crippen LogP contribution in [0.1, 0.15) is 54.8 Å². The van der Waals surface area contributed by atoms with Crippen molar-refractivity contribution in [3.05, 3.63) is 29.2 Å². The van der Waals surface area contributed by atoms with Crippen molar-refractivity contribution >= 4 is 11.8 Å². The molecule has 2 saturated heterocycles. The maximum atomic E-state index is 12.9. The summed E-state index contributed by atoms with van der Waals surface area (Å²) in [6.45, 7) is 8.55. The highest BCUT2D eigenvalue weighted by atomic mass is 16.5. The Hall–Kier alpha value is -2.75. The van der Waals surface area contributed by atoms with Crippen LogP contribution in [-0.2, 0) is 22.6 Å². The van der Waals surface area contributed by atoms with Crippen LogP contribution in [0, 0.1) is 13.8 Å². The number of carbonyl (C=O) groups is 2. The van der Waals surface area contributed by atoms with Gasteiger partial charge in [-0.1, -0.05) is 5.16 Å². The van der Waals surface area contributed by atoms with E-state index in [0.29, 0.717) is 44.1 Å². The number of aromatic nitrogens is 4. The highest BCUT2D eigenvalue weighted by Gasteiger charge is 2.33. The first-order valence-electron chi connectivity index (χ1n) is 11.5. The van der Waals surface area contributed by atoms with Gasteiger partial charge in [0.25, 0.3) is 0 Å². The van der Waals surface area contributed by atoms with Gasteiger partial charge in [0.05, 0.1) is 11.7 Å². The van der Waals surface area contributed by atoms with Gasteiger partial charge in [-0.3, -0.25) is 14.3 Å². The molecule has 2 fully saturated rings. The van der Waals surface area contributed by atoms with Gasteiger partial charge in [-0.2, -0.15) is 10.1 Å². The van der Waals surface area contributed by atoms with Crippen molar-refractivity contribution in [2.75, 3.05) is 39.8 Å². The molecule has 10 heteroatoms. The predicted octanol–water partition coefficient (Wildman–Crippen LogP) is 1.34. The molecule has 1 atom stereocenters. The lowest BCUT2D eigenvalue weighted by atomic mass is 10.2. The van der Waals surface area contributed by atoms with Crippen molar-refractivity contribution in [1.82, 2.24) is 34.6 Å². The monoisotopic (exact) mass is 443 g/mol. The van der Waals surface area contributed by atoms with E-state index in [1.54, 1.807) is 0 Å². The summed E-state index contributed by atoms with van der Waals surface area (Å²) in [5.41, 5.74) is 2.02. The first kappa shape index (κ1) is 22.4. The van der Waals surface area contributed by atoms with Crippen molar-refractivity contribution in [3.63, 3.8) is 0 Å². The maximum absolute atomic E-state index is 12.9. The fourth-order valence-electron chi connectivity index (χ4n) is 4.51. The number of piperazine rings is 1. The van der Waals surface area contributed by atoms with Crippen LogP contribution in [0.25, 0.3) is 0 Å². The second kappa shape index (κ2) is 9.81. The molecule has 0 aromatic carbocycles. The Kier molecular flexibility index (Phi) is 6.88. The molecule has 4 heterocycles. The summed E-state index contributed by atoms with van der Waals surface area (Å²) in [6, 6.07) is 1.85. The largest absolute Gasteiger partial charge is 0.340 e. The van der Waals surface area contributed by atoms with Gasteiger partial charge in [0.2, 0.25) is 17.7 Å². The number of rotatable bonds is 7. The van der Waals surface area contributed by atoms with Crippen LogP contribution >= 0.6 is 0 Å². The molecule has 1 unspecified atom stereocenters. The number of nitrogens with zero attached hydrogens (tertiary/aromatic N) is 7. The van der Waals surface area contributed by atoms with Crippen molar-refractivity contribution in [2.24, 2.45) is 0 Å². The molecule has 0 spiro atoms. The Labute approximate surface area is 188 Å². The van der Waals surface area contributed by atoms with E-state index in [-0.39, 0.29) is 17.9 Å². The maximum Gasteiger partial charge on any atom is 0.227 e. The van der Waals surface area contributed by atoms with Gasteiger partial charge in [0.15, 0.2) is 5.82 Å². The van der Waals surface area contributed by atoms with Gasteiger partial charge in [-0.15, -0.1) is 0 Å². The van der Waals surface area contributed by atoms with Crippen LogP contribution in [-0.4, -0.2) is 86.2 Å². The Bertz CT molecular complexity index is 945. The highest BCUT2D eigenvalue weighted by molar-refractivity contribution is 5.77. The number of likely N-dealkylation sites (N-methyl/N-ethyl adjacent to an activating group) is 1. The lowest BCUT2D eigenvalue weighted by Gasteiger charge is -2.32. The molecule has 10 nitrogen and oxygen atoms in total. The third-order valence-corrected chi connectivity index (χ3v) is 6.40. The average molecular weight is 444 g/mol. The fraction of sp³-hybridized carbons (Fsp3) is 0.682. The van der Waals surface area contributed by atoms with Gasteiger partial charge >= 0.3 is 0 Å². The summed E-state index contributed by atoms with van der Waals surface area (Å²) < 4.78 is 7.29. The van der Waals surface area contributed by atoms with E-state index in [1.807, 2.05) is 34.4 Å². The van der Waals surface area contributed by atoms with E-state index >= 15 is 0 Å². The van der Waals surface area contributed by atoms with Crippen molar-refractivity contribution < 1.29 is 14.1 Å². The number of hydrogen-bond donors (Lipinski definition) is 0. The quantitative estimate of drug-likeness (QED) is 0.637. The van der Waals surface area contributed by atoms with Crippen molar-refractivity contribution in [1.29, 1.82) is 0 Å². The molecule has 2 aliphatic rings. The normalized spacial score (nSPS) is 19.7. The third kappa shape index (κ3) is 5.17. The van der Waals surface area contributed by atoms with Crippen molar-refractivity contribution in [2.45, 2.75) is 58.5 Å². The van der Waals surface area contributed by atoms with Gasteiger partial charge in [-0.05, 0) is 39.8 Å².